The molecule has 2 aromatic carbocycles. The van der Waals surface area contributed by atoms with Gasteiger partial charge in [-0.25, -0.2) is 9.69 Å². The van der Waals surface area contributed by atoms with Gasteiger partial charge in [-0.15, -0.1) is 0 Å². The van der Waals surface area contributed by atoms with E-state index in [-0.39, 0.29) is 29.8 Å². The molecule has 10 nitrogen and oxygen atoms in total. The molecule has 3 aliphatic rings. The maximum Gasteiger partial charge on any atom is 0.338 e. The van der Waals surface area contributed by atoms with Crippen LogP contribution in [0.2, 0.25) is 0 Å². The van der Waals surface area contributed by atoms with Crippen LogP contribution in [0.3, 0.4) is 0 Å². The van der Waals surface area contributed by atoms with Crippen molar-refractivity contribution < 1.29 is 28.7 Å². The van der Waals surface area contributed by atoms with Gasteiger partial charge in [0, 0.05) is 28.4 Å². The van der Waals surface area contributed by atoms with E-state index in [4.69, 9.17) is 9.47 Å². The standard InChI is InChI=1S/C29H26BrN3O7S2/c1-2-40-28(37)16-6-8-19(9-7-16)33-25(35)22-21(17-4-3-5-18(30)14-17)24-27(41-23(22)26(33)36)32(29(38)42-24)15-20(34)31-10-12-39-13-11-31/h3-9,14,21-23H,2,10-13,15H2,1H3/t21-,22?,23?/m1/s1. The largest absolute Gasteiger partial charge is 0.462 e. The first-order chi connectivity index (χ1) is 20.3. The SMILES string of the molecule is CCOC(=O)c1ccc(N2C(=O)C3Sc4c(sc(=O)n4CC(=O)N4CCOCC4)[C@H](c4cccc(Br)c4)C3C2=O)cc1. The van der Waals surface area contributed by atoms with Crippen LogP contribution in [0, 0.1) is 5.92 Å². The normalized spacial score (nSPS) is 21.7. The molecular weight excluding hydrogens is 646 g/mol. The van der Waals surface area contributed by atoms with Crippen LogP contribution in [0.1, 0.15) is 33.6 Å². The number of nitrogens with zero attached hydrogens (tertiary/aromatic N) is 3. The van der Waals surface area contributed by atoms with E-state index in [2.05, 4.69) is 15.9 Å². The Kier molecular flexibility index (Phi) is 8.09. The van der Waals surface area contributed by atoms with Crippen molar-refractivity contribution in [3.8, 4) is 0 Å². The fourth-order valence-electron chi connectivity index (χ4n) is 5.58. The Morgan fingerprint density at radius 3 is 2.48 bits per heavy atom. The molecule has 0 radical (unpaired) electrons. The van der Waals surface area contributed by atoms with Crippen molar-refractivity contribution in [3.05, 3.63) is 78.7 Å². The summed E-state index contributed by atoms with van der Waals surface area (Å²) < 4.78 is 12.6. The summed E-state index contributed by atoms with van der Waals surface area (Å²) in [5.41, 5.74) is 1.45. The Hall–Kier alpha value is -3.26. The highest BCUT2D eigenvalue weighted by Crippen LogP contribution is 2.54. The number of anilines is 1. The van der Waals surface area contributed by atoms with Crippen LogP contribution in [0.15, 0.2) is 62.8 Å². The van der Waals surface area contributed by atoms with Crippen LogP contribution in [-0.2, 0) is 30.4 Å². The Labute approximate surface area is 257 Å². The van der Waals surface area contributed by atoms with E-state index >= 15 is 0 Å². The Morgan fingerprint density at radius 1 is 1.05 bits per heavy atom. The summed E-state index contributed by atoms with van der Waals surface area (Å²) in [7, 11) is 0. The third kappa shape index (κ3) is 5.12. The molecular formula is C29H26BrN3O7S2. The van der Waals surface area contributed by atoms with Gasteiger partial charge in [0.05, 0.1) is 42.0 Å². The predicted molar refractivity (Wildman–Crippen MR) is 160 cm³/mol. The van der Waals surface area contributed by atoms with E-state index in [9.17, 15) is 24.0 Å². The third-order valence-electron chi connectivity index (χ3n) is 7.55. The second-order valence-electron chi connectivity index (χ2n) is 9.99. The molecule has 1 aromatic heterocycles. The van der Waals surface area contributed by atoms with E-state index in [0.717, 1.165) is 21.4 Å². The average Bonchev–Trinajstić information content (AvgIpc) is 3.43. The highest BCUT2D eigenvalue weighted by molar-refractivity contribution is 9.10. The lowest BCUT2D eigenvalue weighted by atomic mass is 9.83. The van der Waals surface area contributed by atoms with Crippen molar-refractivity contribution in [2.24, 2.45) is 5.92 Å². The molecule has 3 aromatic rings. The van der Waals surface area contributed by atoms with Crippen molar-refractivity contribution >= 4 is 68.4 Å². The number of halogens is 1. The first-order valence-electron chi connectivity index (χ1n) is 13.4. The molecule has 0 bridgehead atoms. The van der Waals surface area contributed by atoms with Crippen molar-refractivity contribution in [1.29, 1.82) is 0 Å². The van der Waals surface area contributed by atoms with Gasteiger partial charge in [0.2, 0.25) is 17.7 Å². The smallest absolute Gasteiger partial charge is 0.338 e. The van der Waals surface area contributed by atoms with Crippen molar-refractivity contribution in [2.75, 3.05) is 37.8 Å². The van der Waals surface area contributed by atoms with Gasteiger partial charge in [0.15, 0.2) is 0 Å². The van der Waals surface area contributed by atoms with Gasteiger partial charge >= 0.3 is 10.8 Å². The molecule has 0 spiro atoms. The summed E-state index contributed by atoms with van der Waals surface area (Å²) in [6, 6.07) is 13.7. The average molecular weight is 673 g/mol. The maximum atomic E-state index is 14.1. The number of imide groups is 1. The van der Waals surface area contributed by atoms with Gasteiger partial charge in [0.25, 0.3) is 0 Å². The number of esters is 1. The van der Waals surface area contributed by atoms with Crippen molar-refractivity contribution in [3.63, 3.8) is 0 Å². The van der Waals surface area contributed by atoms with E-state index in [0.29, 0.717) is 47.5 Å². The van der Waals surface area contributed by atoms with Crippen LogP contribution >= 0.6 is 39.0 Å². The number of amides is 3. The number of benzene rings is 2. The number of morpholine rings is 1. The summed E-state index contributed by atoms with van der Waals surface area (Å²) in [5, 5.41) is -0.268. The molecule has 0 aliphatic carbocycles. The summed E-state index contributed by atoms with van der Waals surface area (Å²) in [5.74, 6) is -2.81. The zero-order chi connectivity index (χ0) is 29.5. The third-order valence-corrected chi connectivity index (χ3v) is 10.6. The number of fused-ring (bicyclic) bond motifs is 2. The topological polar surface area (TPSA) is 115 Å². The van der Waals surface area contributed by atoms with Gasteiger partial charge in [-0.05, 0) is 48.9 Å². The number of thiazole rings is 1. The van der Waals surface area contributed by atoms with Gasteiger partial charge in [-0.1, -0.05) is 51.2 Å². The molecule has 6 rings (SSSR count). The number of ether oxygens (including phenoxy) is 2. The number of carbonyl (C=O) groups is 4. The highest BCUT2D eigenvalue weighted by Gasteiger charge is 2.57. The Bertz CT molecular complexity index is 1630. The first kappa shape index (κ1) is 28.8. The van der Waals surface area contributed by atoms with E-state index in [1.807, 2.05) is 24.3 Å². The summed E-state index contributed by atoms with van der Waals surface area (Å²) in [4.78, 5) is 69.8. The van der Waals surface area contributed by atoms with E-state index in [1.165, 1.54) is 33.4 Å². The second-order valence-corrected chi connectivity index (χ2v) is 13.0. The lowest BCUT2D eigenvalue weighted by Gasteiger charge is -2.31. The highest BCUT2D eigenvalue weighted by atomic mass is 79.9. The number of rotatable bonds is 6. The summed E-state index contributed by atoms with van der Waals surface area (Å²) >= 11 is 5.70. The van der Waals surface area contributed by atoms with Gasteiger partial charge in [0.1, 0.15) is 11.8 Å². The molecule has 2 saturated heterocycles. The van der Waals surface area contributed by atoms with Gasteiger partial charge in [-0.3, -0.25) is 23.7 Å². The predicted octanol–water partition coefficient (Wildman–Crippen LogP) is 3.50. The number of aromatic nitrogens is 1. The fourth-order valence-corrected chi connectivity index (χ4v) is 8.77. The van der Waals surface area contributed by atoms with E-state index < -0.39 is 29.0 Å². The lowest BCUT2D eigenvalue weighted by molar-refractivity contribution is -0.136. The minimum Gasteiger partial charge on any atom is -0.462 e. The van der Waals surface area contributed by atoms with Gasteiger partial charge in [-0.2, -0.15) is 0 Å². The number of hydrogen-bond acceptors (Lipinski definition) is 9. The summed E-state index contributed by atoms with van der Waals surface area (Å²) in [6.07, 6.45) is 0. The zero-order valence-corrected chi connectivity index (χ0v) is 25.7. The molecule has 0 saturated carbocycles. The van der Waals surface area contributed by atoms with Crippen molar-refractivity contribution in [1.82, 2.24) is 9.47 Å². The van der Waals surface area contributed by atoms with E-state index in [1.54, 1.807) is 24.0 Å². The quantitative estimate of drug-likeness (QED) is 0.289. The van der Waals surface area contributed by atoms with Crippen LogP contribution in [0.4, 0.5) is 5.69 Å². The minimum atomic E-state index is -0.808. The summed E-state index contributed by atoms with van der Waals surface area (Å²) in [6.45, 7) is 3.59. The minimum absolute atomic E-state index is 0.151. The zero-order valence-electron chi connectivity index (χ0n) is 22.5. The fraction of sp³-hybridized carbons (Fsp3) is 0.345. The number of thioether (sulfide) groups is 1. The Balaban J connectivity index is 1.39. The first-order valence-corrected chi connectivity index (χ1v) is 15.9. The van der Waals surface area contributed by atoms with Crippen LogP contribution in [-0.4, -0.2) is 71.3 Å². The monoisotopic (exact) mass is 671 g/mol. The second kappa shape index (κ2) is 11.8. The molecule has 4 heterocycles. The molecule has 3 atom stereocenters. The molecule has 3 aliphatic heterocycles. The molecule has 0 N–H and O–H groups in total. The molecule has 2 unspecified atom stereocenters. The van der Waals surface area contributed by atoms with Crippen molar-refractivity contribution in [2.45, 2.75) is 29.7 Å². The Morgan fingerprint density at radius 2 is 1.79 bits per heavy atom. The lowest BCUT2D eigenvalue weighted by Crippen LogP contribution is -2.43. The molecule has 13 heteroatoms. The molecule has 218 valence electrons. The molecule has 2 fully saturated rings. The van der Waals surface area contributed by atoms with Crippen LogP contribution in [0.25, 0.3) is 0 Å². The van der Waals surface area contributed by atoms with Gasteiger partial charge < -0.3 is 14.4 Å². The van der Waals surface area contributed by atoms with Crippen LogP contribution in [0.5, 0.6) is 0 Å². The molecule has 42 heavy (non-hydrogen) atoms. The number of hydrogen-bond donors (Lipinski definition) is 0. The van der Waals surface area contributed by atoms with Crippen LogP contribution < -0.4 is 9.77 Å². The molecule has 3 amide bonds. The maximum absolute atomic E-state index is 14.1. The number of carbonyl (C=O) groups excluding carboxylic acids is 4.